The van der Waals surface area contributed by atoms with Gasteiger partial charge >= 0.3 is 18.2 Å². The first-order valence-electron chi connectivity index (χ1n) is 11.4. The monoisotopic (exact) mass is 484 g/mol. The average molecular weight is 485 g/mol. The second-order valence-corrected chi connectivity index (χ2v) is 9.27. The van der Waals surface area contributed by atoms with E-state index in [2.05, 4.69) is 20.9 Å². The molecule has 0 aliphatic rings. The molecule has 0 aliphatic carbocycles. The van der Waals surface area contributed by atoms with Crippen LogP contribution in [-0.4, -0.2) is 60.9 Å². The van der Waals surface area contributed by atoms with Crippen LogP contribution < -0.4 is 16.0 Å². The third kappa shape index (κ3) is 19.6. The van der Waals surface area contributed by atoms with Crippen LogP contribution in [0, 0.1) is 0 Å². The van der Waals surface area contributed by atoms with Gasteiger partial charge in [-0.05, 0) is 61.3 Å². The first-order chi connectivity index (χ1) is 15.7. The molecule has 0 rings (SSSR count). The summed E-state index contributed by atoms with van der Waals surface area (Å²) in [7, 11) is 0. The number of rotatable bonds is 10. The predicted octanol–water partition coefficient (Wildman–Crippen LogP) is 3.19. The second-order valence-electron chi connectivity index (χ2n) is 9.27. The van der Waals surface area contributed by atoms with Crippen LogP contribution in [0.15, 0.2) is 17.1 Å². The molecular formula is C23H40N4O7. The predicted molar refractivity (Wildman–Crippen MR) is 128 cm³/mol. The molecule has 3 amide bonds. The average Bonchev–Trinajstić information content (AvgIpc) is 2.65. The molecule has 0 heterocycles. The van der Waals surface area contributed by atoms with Gasteiger partial charge in [-0.15, -0.1) is 0 Å². The topological polar surface area (TPSA) is 144 Å². The number of nitrogens with one attached hydrogen (secondary N) is 3. The largest absolute Gasteiger partial charge is 0.463 e. The molecule has 34 heavy (non-hydrogen) atoms. The molecule has 0 fully saturated rings. The lowest BCUT2D eigenvalue weighted by Gasteiger charge is -2.22. The third-order valence-electron chi connectivity index (χ3n) is 3.55. The maximum atomic E-state index is 12.0. The number of unbranched alkanes of at least 4 members (excludes halogenated alkanes) is 3. The molecular weight excluding hydrogens is 444 g/mol. The lowest BCUT2D eigenvalue weighted by atomic mass is 10.2. The molecule has 0 aromatic heterocycles. The Kier molecular flexibility index (Phi) is 14.2. The van der Waals surface area contributed by atoms with Crippen molar-refractivity contribution in [3.05, 3.63) is 12.2 Å². The molecule has 0 bridgehead atoms. The van der Waals surface area contributed by atoms with E-state index in [0.717, 1.165) is 31.4 Å². The standard InChI is InChI=1S/C23H40N4O7/c1-8-32-18(29)14-13-17(28)24-15-11-9-10-12-16-25-19(26-20(30)33-22(2,3)4)27-21(31)34-23(5,6)7/h13-14H,8-12,15-16H2,1-7H3,(H,24,28)(H2,25,26,27,30,31)/b14-13+. The van der Waals surface area contributed by atoms with Crippen LogP contribution in [-0.2, 0) is 23.8 Å². The van der Waals surface area contributed by atoms with Crippen molar-refractivity contribution < 1.29 is 33.4 Å². The molecule has 11 nitrogen and oxygen atoms in total. The number of ether oxygens (including phenoxy) is 3. The minimum absolute atomic E-state index is 0.0517. The van der Waals surface area contributed by atoms with E-state index in [4.69, 9.17) is 14.2 Å². The summed E-state index contributed by atoms with van der Waals surface area (Å²) in [5, 5.41) is 7.55. The van der Waals surface area contributed by atoms with Gasteiger partial charge in [-0.3, -0.25) is 20.4 Å². The van der Waals surface area contributed by atoms with E-state index in [-0.39, 0.29) is 18.5 Å². The van der Waals surface area contributed by atoms with Gasteiger partial charge in [-0.2, -0.15) is 0 Å². The Morgan fingerprint density at radius 3 is 1.82 bits per heavy atom. The number of hydrogen-bond acceptors (Lipinski definition) is 8. The molecule has 0 aliphatic heterocycles. The fourth-order valence-electron chi connectivity index (χ4n) is 2.30. The molecule has 0 aromatic carbocycles. The molecule has 0 atom stereocenters. The quantitative estimate of drug-likeness (QED) is 0.108. The number of nitrogens with zero attached hydrogens (tertiary/aromatic N) is 1. The molecule has 0 unspecified atom stereocenters. The number of aliphatic imine (C=N–C) groups is 1. The highest BCUT2D eigenvalue weighted by atomic mass is 16.6. The fraction of sp³-hybridized carbons (Fsp3) is 0.696. The van der Waals surface area contributed by atoms with Crippen molar-refractivity contribution in [1.82, 2.24) is 16.0 Å². The number of carbonyl (C=O) groups excluding carboxylic acids is 4. The smallest absolute Gasteiger partial charge is 0.414 e. The van der Waals surface area contributed by atoms with E-state index in [1.54, 1.807) is 48.5 Å². The molecule has 0 aromatic rings. The second kappa shape index (κ2) is 15.7. The van der Waals surface area contributed by atoms with E-state index in [9.17, 15) is 19.2 Å². The van der Waals surface area contributed by atoms with Gasteiger partial charge in [-0.25, -0.2) is 14.4 Å². The fourth-order valence-corrected chi connectivity index (χ4v) is 2.30. The van der Waals surface area contributed by atoms with Gasteiger partial charge in [0.25, 0.3) is 0 Å². The summed E-state index contributed by atoms with van der Waals surface area (Å²) in [5.74, 6) is -0.965. The van der Waals surface area contributed by atoms with Crippen LogP contribution in [0.2, 0.25) is 0 Å². The number of guanidine groups is 1. The maximum Gasteiger partial charge on any atom is 0.414 e. The van der Waals surface area contributed by atoms with E-state index >= 15 is 0 Å². The van der Waals surface area contributed by atoms with Crippen LogP contribution in [0.4, 0.5) is 9.59 Å². The Labute approximate surface area is 202 Å². The van der Waals surface area contributed by atoms with Crippen molar-refractivity contribution in [2.24, 2.45) is 4.99 Å². The molecule has 0 saturated heterocycles. The van der Waals surface area contributed by atoms with Gasteiger partial charge in [-0.1, -0.05) is 12.8 Å². The van der Waals surface area contributed by atoms with Crippen LogP contribution in [0.3, 0.4) is 0 Å². The zero-order valence-electron chi connectivity index (χ0n) is 21.4. The van der Waals surface area contributed by atoms with Gasteiger partial charge in [0.1, 0.15) is 11.2 Å². The van der Waals surface area contributed by atoms with Crippen LogP contribution in [0.25, 0.3) is 0 Å². The summed E-state index contributed by atoms with van der Waals surface area (Å²) in [6.07, 6.45) is 3.86. The van der Waals surface area contributed by atoms with Gasteiger partial charge in [0, 0.05) is 25.2 Å². The summed E-state index contributed by atoms with van der Waals surface area (Å²) in [5.41, 5.74) is -1.41. The lowest BCUT2D eigenvalue weighted by Crippen LogP contribution is -2.47. The first kappa shape index (κ1) is 30.9. The number of alkyl carbamates (subject to hydrolysis) is 2. The summed E-state index contributed by atoms with van der Waals surface area (Å²) in [4.78, 5) is 51.1. The highest BCUT2D eigenvalue weighted by molar-refractivity contribution is 6.01. The molecule has 194 valence electrons. The number of esters is 1. The highest BCUT2D eigenvalue weighted by Gasteiger charge is 2.21. The van der Waals surface area contributed by atoms with Crippen molar-refractivity contribution in [2.75, 3.05) is 19.7 Å². The number of carbonyl (C=O) groups is 4. The van der Waals surface area contributed by atoms with E-state index in [1.807, 2.05) is 0 Å². The minimum Gasteiger partial charge on any atom is -0.463 e. The Balaban J connectivity index is 4.45. The number of hydrogen-bond donors (Lipinski definition) is 3. The third-order valence-corrected chi connectivity index (χ3v) is 3.55. The summed E-state index contributed by atoms with van der Waals surface area (Å²) in [6.45, 7) is 13.1. The van der Waals surface area contributed by atoms with Gasteiger partial charge in [0.15, 0.2) is 0 Å². The van der Waals surface area contributed by atoms with Crippen molar-refractivity contribution in [1.29, 1.82) is 0 Å². The lowest BCUT2D eigenvalue weighted by molar-refractivity contribution is -0.137. The van der Waals surface area contributed by atoms with Gasteiger partial charge in [0.05, 0.1) is 6.61 Å². The molecule has 0 radical (unpaired) electrons. The Hall–Kier alpha value is -3.11. The van der Waals surface area contributed by atoms with E-state index < -0.39 is 29.4 Å². The first-order valence-corrected chi connectivity index (χ1v) is 11.4. The molecule has 0 saturated carbocycles. The summed E-state index contributed by atoms with van der Waals surface area (Å²) in [6, 6.07) is 0. The highest BCUT2D eigenvalue weighted by Crippen LogP contribution is 2.08. The van der Waals surface area contributed by atoms with Crippen LogP contribution in [0.5, 0.6) is 0 Å². The molecule has 3 N–H and O–H groups in total. The van der Waals surface area contributed by atoms with Crippen molar-refractivity contribution >= 4 is 30.0 Å². The summed E-state index contributed by atoms with van der Waals surface area (Å²) >= 11 is 0. The Bertz CT molecular complexity index is 703. The van der Waals surface area contributed by atoms with Crippen LogP contribution in [0.1, 0.15) is 74.1 Å². The van der Waals surface area contributed by atoms with Gasteiger partial charge in [0.2, 0.25) is 11.9 Å². The summed E-state index contributed by atoms with van der Waals surface area (Å²) < 4.78 is 15.1. The van der Waals surface area contributed by atoms with E-state index in [1.165, 1.54) is 0 Å². The van der Waals surface area contributed by atoms with Crippen molar-refractivity contribution in [3.8, 4) is 0 Å². The minimum atomic E-state index is -0.741. The van der Waals surface area contributed by atoms with Crippen molar-refractivity contribution in [2.45, 2.75) is 85.4 Å². The molecule has 11 heteroatoms. The Morgan fingerprint density at radius 1 is 0.794 bits per heavy atom. The maximum absolute atomic E-state index is 12.0. The number of amides is 3. The Morgan fingerprint density at radius 2 is 1.32 bits per heavy atom. The SMILES string of the molecule is CCOC(=O)/C=C/C(=O)NCCCCCCN=C(NC(=O)OC(C)(C)C)NC(=O)OC(C)(C)C. The molecule has 0 spiro atoms. The zero-order valence-corrected chi connectivity index (χ0v) is 21.4. The van der Waals surface area contributed by atoms with Gasteiger partial charge < -0.3 is 19.5 Å². The van der Waals surface area contributed by atoms with E-state index in [0.29, 0.717) is 19.5 Å². The normalized spacial score (nSPS) is 11.4. The van der Waals surface area contributed by atoms with Crippen LogP contribution >= 0.6 is 0 Å². The zero-order chi connectivity index (χ0) is 26.2. The van der Waals surface area contributed by atoms with Crippen molar-refractivity contribution in [3.63, 3.8) is 0 Å².